The third-order valence-electron chi connectivity index (χ3n) is 8.67. The van der Waals surface area contributed by atoms with Crippen molar-refractivity contribution in [3.63, 3.8) is 0 Å². The molecule has 1 aromatic carbocycles. The van der Waals surface area contributed by atoms with Gasteiger partial charge in [-0.3, -0.25) is 14.5 Å². The van der Waals surface area contributed by atoms with E-state index in [0.717, 1.165) is 18.8 Å². The number of allylic oxidation sites excluding steroid dienone is 1. The Labute approximate surface area is 240 Å². The van der Waals surface area contributed by atoms with Crippen LogP contribution in [0.4, 0.5) is 17.5 Å². The minimum atomic E-state index is -0.790. The Bertz CT molecular complexity index is 1860. The van der Waals surface area contributed by atoms with E-state index in [1.807, 2.05) is 12.2 Å². The van der Waals surface area contributed by atoms with E-state index in [4.69, 9.17) is 14.7 Å². The molecule has 1 amide bonds. The van der Waals surface area contributed by atoms with Crippen molar-refractivity contribution in [2.75, 3.05) is 37.0 Å². The summed E-state index contributed by atoms with van der Waals surface area (Å²) in [5.41, 5.74) is 4.06. The minimum Gasteiger partial charge on any atom is -0.480 e. The zero-order valence-corrected chi connectivity index (χ0v) is 23.2. The molecule has 2 N–H and O–H groups in total. The maximum atomic E-state index is 13.6. The lowest BCUT2D eigenvalue weighted by Gasteiger charge is -2.32. The Hall–Kier alpha value is -4.55. The van der Waals surface area contributed by atoms with Gasteiger partial charge in [0.25, 0.3) is 11.5 Å². The average Bonchev–Trinajstić information content (AvgIpc) is 3.68. The topological polar surface area (TPSA) is 131 Å². The summed E-state index contributed by atoms with van der Waals surface area (Å²) >= 11 is 0. The number of pyridine rings is 1. The van der Waals surface area contributed by atoms with Crippen molar-refractivity contribution in [2.24, 2.45) is 0 Å². The number of likely N-dealkylation sites (N-methyl/N-ethyl adjacent to an activating group) is 1. The number of aliphatic hydroxyl groups is 1. The van der Waals surface area contributed by atoms with E-state index in [0.29, 0.717) is 46.2 Å². The zero-order chi connectivity index (χ0) is 28.6. The van der Waals surface area contributed by atoms with Crippen LogP contribution in [0.15, 0.2) is 53.5 Å². The number of amides is 1. The lowest BCUT2D eigenvalue weighted by Crippen LogP contribution is -2.44. The first-order valence-corrected chi connectivity index (χ1v) is 14.2. The molecule has 1 aliphatic carbocycles. The van der Waals surface area contributed by atoms with E-state index in [2.05, 4.69) is 40.4 Å². The van der Waals surface area contributed by atoms with Crippen molar-refractivity contribution in [2.45, 2.75) is 43.9 Å². The lowest BCUT2D eigenvalue weighted by atomic mass is 9.87. The highest BCUT2D eigenvalue weighted by Gasteiger charge is 2.48. The van der Waals surface area contributed by atoms with Crippen LogP contribution in [-0.2, 0) is 23.3 Å². The number of aliphatic hydroxyl groups excluding tert-OH is 1. The Morgan fingerprint density at radius 3 is 2.86 bits per heavy atom. The Morgan fingerprint density at radius 1 is 1.12 bits per heavy atom. The molecule has 2 bridgehead atoms. The first-order valence-electron chi connectivity index (χ1n) is 14.2. The van der Waals surface area contributed by atoms with Gasteiger partial charge in [0.1, 0.15) is 5.39 Å². The number of benzene rings is 1. The van der Waals surface area contributed by atoms with Gasteiger partial charge in [-0.05, 0) is 61.7 Å². The van der Waals surface area contributed by atoms with Crippen LogP contribution in [0.3, 0.4) is 0 Å². The van der Waals surface area contributed by atoms with E-state index in [1.165, 1.54) is 39.7 Å². The van der Waals surface area contributed by atoms with Gasteiger partial charge in [-0.2, -0.15) is 4.98 Å². The molecule has 1 fully saturated rings. The van der Waals surface area contributed by atoms with Crippen LogP contribution < -0.4 is 20.5 Å². The zero-order valence-electron chi connectivity index (χ0n) is 23.2. The van der Waals surface area contributed by atoms with Crippen molar-refractivity contribution in [1.29, 1.82) is 0 Å². The fourth-order valence-electron chi connectivity index (χ4n) is 6.55. The number of carbonyl (C=O) groups is 1. The number of nitrogens with one attached hydrogen (secondary N) is 1. The summed E-state index contributed by atoms with van der Waals surface area (Å²) in [5, 5.41) is 14.3. The number of anilines is 3. The van der Waals surface area contributed by atoms with Gasteiger partial charge in [0.15, 0.2) is 29.6 Å². The van der Waals surface area contributed by atoms with Gasteiger partial charge in [0.05, 0.1) is 19.2 Å². The molecule has 1 saturated carbocycles. The van der Waals surface area contributed by atoms with E-state index in [-0.39, 0.29) is 31.2 Å². The third-order valence-corrected chi connectivity index (χ3v) is 8.67. The van der Waals surface area contributed by atoms with Crippen LogP contribution in [0.5, 0.6) is 5.75 Å². The summed E-state index contributed by atoms with van der Waals surface area (Å²) in [6, 6.07) is 9.93. The quantitative estimate of drug-likeness (QED) is 0.351. The monoisotopic (exact) mass is 566 g/mol. The summed E-state index contributed by atoms with van der Waals surface area (Å²) in [5.74, 6) is 1.19. The number of carbonyl (C=O) groups excluding carboxylic acids is 1. The fourth-order valence-corrected chi connectivity index (χ4v) is 6.55. The summed E-state index contributed by atoms with van der Waals surface area (Å²) in [6.07, 6.45) is 7.16. The van der Waals surface area contributed by atoms with Gasteiger partial charge >= 0.3 is 0 Å². The molecule has 12 nitrogen and oxygen atoms in total. The van der Waals surface area contributed by atoms with Crippen LogP contribution >= 0.6 is 0 Å². The van der Waals surface area contributed by atoms with Crippen molar-refractivity contribution in [1.82, 2.24) is 29.2 Å². The Morgan fingerprint density at radius 2 is 2.00 bits per heavy atom. The SMILES string of the molecule is CN1Cc2cc(Nc3ncc4c(=O)n5n(c4n3)-c3ccc4c(n3)N(CC(O)C/C=C\C5)C(=O)CO4)ccc2C2(CC2)C1. The largest absolute Gasteiger partial charge is 0.480 e. The van der Waals surface area contributed by atoms with Crippen LogP contribution in [-0.4, -0.2) is 73.1 Å². The van der Waals surface area contributed by atoms with E-state index in [9.17, 15) is 14.7 Å². The molecule has 4 aliphatic rings. The molecular formula is C30H30N8O4. The maximum absolute atomic E-state index is 13.6. The van der Waals surface area contributed by atoms with Crippen LogP contribution in [0, 0.1) is 0 Å². The number of nitrogens with zero attached hydrogens (tertiary/aromatic N) is 7. The lowest BCUT2D eigenvalue weighted by molar-refractivity contribution is -0.121. The highest BCUT2D eigenvalue weighted by Crippen LogP contribution is 2.52. The third kappa shape index (κ3) is 4.01. The second-order valence-electron chi connectivity index (χ2n) is 11.7. The van der Waals surface area contributed by atoms with E-state index < -0.39 is 6.10 Å². The molecule has 214 valence electrons. The molecule has 1 atom stereocenters. The predicted molar refractivity (Wildman–Crippen MR) is 156 cm³/mol. The number of hydrogen-bond donors (Lipinski definition) is 2. The van der Waals surface area contributed by atoms with Gasteiger partial charge in [0, 0.05) is 30.4 Å². The predicted octanol–water partition coefficient (Wildman–Crippen LogP) is 2.24. The Balaban J connectivity index is 1.23. The number of rotatable bonds is 2. The van der Waals surface area contributed by atoms with Crippen LogP contribution in [0.25, 0.3) is 16.9 Å². The van der Waals surface area contributed by atoms with Gasteiger partial charge < -0.3 is 20.1 Å². The molecule has 4 aromatic rings. The molecule has 8 rings (SSSR count). The number of fused-ring (bicyclic) bond motifs is 7. The molecule has 3 aliphatic heterocycles. The normalized spacial score (nSPS) is 21.6. The minimum absolute atomic E-state index is 0.0865. The molecular weight excluding hydrogens is 536 g/mol. The Kier molecular flexibility index (Phi) is 5.53. The second kappa shape index (κ2) is 9.23. The molecule has 1 spiro atoms. The van der Waals surface area contributed by atoms with Crippen molar-refractivity contribution in [3.8, 4) is 11.6 Å². The number of ether oxygens (including phenoxy) is 1. The molecule has 42 heavy (non-hydrogen) atoms. The summed E-state index contributed by atoms with van der Waals surface area (Å²) in [7, 11) is 2.17. The fraction of sp³-hybridized carbons (Fsp3) is 0.367. The molecule has 6 heterocycles. The summed E-state index contributed by atoms with van der Waals surface area (Å²) in [6.45, 7) is 2.19. The van der Waals surface area contributed by atoms with E-state index >= 15 is 0 Å². The van der Waals surface area contributed by atoms with Crippen LogP contribution in [0.2, 0.25) is 0 Å². The maximum Gasteiger partial charge on any atom is 0.278 e. The van der Waals surface area contributed by atoms with Crippen molar-refractivity contribution in [3.05, 3.63) is 70.2 Å². The first kappa shape index (κ1) is 25.2. The molecule has 0 radical (unpaired) electrons. The molecule has 0 saturated heterocycles. The number of hydrogen-bond acceptors (Lipinski definition) is 9. The summed E-state index contributed by atoms with van der Waals surface area (Å²) < 4.78 is 8.80. The highest BCUT2D eigenvalue weighted by atomic mass is 16.5. The smallest absolute Gasteiger partial charge is 0.278 e. The average molecular weight is 567 g/mol. The van der Waals surface area contributed by atoms with Gasteiger partial charge in [-0.15, -0.1) is 0 Å². The van der Waals surface area contributed by atoms with Gasteiger partial charge in [-0.1, -0.05) is 18.2 Å². The highest BCUT2D eigenvalue weighted by molar-refractivity contribution is 5.97. The number of aromatic nitrogens is 5. The van der Waals surface area contributed by atoms with Gasteiger partial charge in [0.2, 0.25) is 5.95 Å². The second-order valence-corrected chi connectivity index (χ2v) is 11.7. The molecule has 12 heteroatoms. The molecule has 3 aromatic heterocycles. The van der Waals surface area contributed by atoms with Crippen molar-refractivity contribution >= 4 is 34.4 Å². The van der Waals surface area contributed by atoms with Crippen LogP contribution in [0.1, 0.15) is 30.4 Å². The molecule has 1 unspecified atom stereocenters. The summed E-state index contributed by atoms with van der Waals surface area (Å²) in [4.78, 5) is 44.2. The van der Waals surface area contributed by atoms with Gasteiger partial charge in [-0.25, -0.2) is 19.3 Å². The van der Waals surface area contributed by atoms with Crippen molar-refractivity contribution < 1.29 is 14.6 Å². The first-order chi connectivity index (χ1) is 20.4. The van der Waals surface area contributed by atoms with E-state index in [1.54, 1.807) is 16.8 Å². The standard InChI is InChI=1S/C30H30N8O4/c1-35-14-18-12-19(5-6-22(18)30(17-35)9-10-30)32-29-31-13-21-26(34-29)38-24-8-7-23-27(33-24)36(25(40)16-42-23)15-20(39)4-2-3-11-37(38)28(21)41/h2-3,5-8,12-13,20,39H,4,9-11,14-17H2,1H3,(H,31,32,34)/b3-2-.